The van der Waals surface area contributed by atoms with Gasteiger partial charge in [0.05, 0.1) is 18.8 Å². The van der Waals surface area contributed by atoms with E-state index in [1.54, 1.807) is 6.26 Å². The van der Waals surface area contributed by atoms with E-state index < -0.39 is 0 Å². The summed E-state index contributed by atoms with van der Waals surface area (Å²) in [5.41, 5.74) is 1.10. The first-order chi connectivity index (χ1) is 12.6. The van der Waals surface area contributed by atoms with Gasteiger partial charge in [-0.3, -0.25) is 9.59 Å². The van der Waals surface area contributed by atoms with Crippen LogP contribution >= 0.6 is 0 Å². The van der Waals surface area contributed by atoms with Crippen molar-refractivity contribution < 1.29 is 14.0 Å². The molecular weight excluding hydrogens is 328 g/mol. The van der Waals surface area contributed by atoms with Gasteiger partial charge in [0.15, 0.2) is 0 Å². The summed E-state index contributed by atoms with van der Waals surface area (Å²) in [5.74, 6) is 0.880. The summed E-state index contributed by atoms with van der Waals surface area (Å²) < 4.78 is 5.23. The van der Waals surface area contributed by atoms with Crippen LogP contribution in [0.1, 0.15) is 50.0 Å². The lowest BCUT2D eigenvalue weighted by Crippen LogP contribution is -2.38. The fourth-order valence-corrected chi connectivity index (χ4v) is 3.51. The second-order valence-electron chi connectivity index (χ2n) is 6.99. The van der Waals surface area contributed by atoms with Crippen LogP contribution in [0.25, 0.3) is 0 Å². The highest BCUT2D eigenvalue weighted by Crippen LogP contribution is 2.29. The summed E-state index contributed by atoms with van der Waals surface area (Å²) >= 11 is 0. The van der Waals surface area contributed by atoms with Crippen LogP contribution in [-0.2, 0) is 16.1 Å². The molecule has 138 valence electrons. The van der Waals surface area contributed by atoms with Crippen LogP contribution in [0.3, 0.4) is 0 Å². The van der Waals surface area contributed by atoms with Crippen LogP contribution in [0.15, 0.2) is 53.1 Å². The molecule has 0 saturated heterocycles. The first kappa shape index (κ1) is 18.2. The van der Waals surface area contributed by atoms with E-state index in [9.17, 15) is 9.59 Å². The first-order valence-corrected chi connectivity index (χ1v) is 9.29. The molecule has 1 aromatic heterocycles. The van der Waals surface area contributed by atoms with Crippen molar-refractivity contribution in [2.75, 3.05) is 0 Å². The second-order valence-corrected chi connectivity index (χ2v) is 6.99. The molecule has 0 bridgehead atoms. The SMILES string of the molecule is CC(NC(=O)C1CCC(C(=O)NCc2ccco2)CC1)c1ccccc1. The summed E-state index contributed by atoms with van der Waals surface area (Å²) in [6.45, 7) is 2.42. The Morgan fingerprint density at radius 3 is 2.27 bits per heavy atom. The van der Waals surface area contributed by atoms with Crippen LogP contribution in [-0.4, -0.2) is 11.8 Å². The number of benzene rings is 1. The number of amides is 2. The average molecular weight is 354 g/mol. The van der Waals surface area contributed by atoms with Gasteiger partial charge < -0.3 is 15.1 Å². The molecule has 1 aliphatic rings. The maximum absolute atomic E-state index is 12.5. The summed E-state index contributed by atoms with van der Waals surface area (Å²) in [6.07, 6.45) is 4.61. The Hall–Kier alpha value is -2.56. The van der Waals surface area contributed by atoms with Gasteiger partial charge in [0, 0.05) is 11.8 Å². The van der Waals surface area contributed by atoms with Crippen molar-refractivity contribution in [2.24, 2.45) is 11.8 Å². The highest BCUT2D eigenvalue weighted by atomic mass is 16.3. The minimum Gasteiger partial charge on any atom is -0.467 e. The molecule has 1 aliphatic carbocycles. The molecule has 1 saturated carbocycles. The van der Waals surface area contributed by atoms with Gasteiger partial charge in [0.25, 0.3) is 0 Å². The van der Waals surface area contributed by atoms with Gasteiger partial charge in [-0.05, 0) is 50.3 Å². The molecule has 5 nitrogen and oxygen atoms in total. The highest BCUT2D eigenvalue weighted by Gasteiger charge is 2.30. The van der Waals surface area contributed by atoms with E-state index in [-0.39, 0.29) is 29.7 Å². The third-order valence-electron chi connectivity index (χ3n) is 5.14. The summed E-state index contributed by atoms with van der Waals surface area (Å²) in [5, 5.41) is 6.02. The van der Waals surface area contributed by atoms with Crippen LogP contribution in [0.5, 0.6) is 0 Å². The Balaban J connectivity index is 1.42. The van der Waals surface area contributed by atoms with Crippen LogP contribution in [0.4, 0.5) is 0 Å². The molecule has 1 heterocycles. The Kier molecular flexibility index (Phi) is 6.10. The molecule has 2 aromatic rings. The Labute approximate surface area is 154 Å². The molecule has 0 aliphatic heterocycles. The van der Waals surface area contributed by atoms with Gasteiger partial charge in [0.2, 0.25) is 11.8 Å². The molecule has 1 fully saturated rings. The minimum absolute atomic E-state index is 0.00184. The summed E-state index contributed by atoms with van der Waals surface area (Å²) in [6, 6.07) is 13.6. The normalized spacial score (nSPS) is 21.0. The monoisotopic (exact) mass is 354 g/mol. The molecule has 26 heavy (non-hydrogen) atoms. The van der Waals surface area contributed by atoms with Gasteiger partial charge in [-0.25, -0.2) is 0 Å². The lowest BCUT2D eigenvalue weighted by molar-refractivity contribution is -0.131. The molecule has 1 atom stereocenters. The smallest absolute Gasteiger partial charge is 0.223 e. The van der Waals surface area contributed by atoms with E-state index in [0.717, 1.165) is 37.0 Å². The Bertz CT molecular complexity index is 704. The van der Waals surface area contributed by atoms with Crippen molar-refractivity contribution >= 4 is 11.8 Å². The number of carbonyl (C=O) groups excluding carboxylic acids is 2. The van der Waals surface area contributed by atoms with Crippen molar-refractivity contribution in [1.82, 2.24) is 10.6 Å². The summed E-state index contributed by atoms with van der Waals surface area (Å²) in [7, 11) is 0. The van der Waals surface area contributed by atoms with E-state index in [1.165, 1.54) is 0 Å². The number of furan rings is 1. The molecule has 3 rings (SSSR count). The molecule has 0 spiro atoms. The van der Waals surface area contributed by atoms with Crippen LogP contribution in [0.2, 0.25) is 0 Å². The van der Waals surface area contributed by atoms with Gasteiger partial charge in [-0.2, -0.15) is 0 Å². The predicted octanol–water partition coefficient (Wildman–Crippen LogP) is 3.58. The van der Waals surface area contributed by atoms with E-state index >= 15 is 0 Å². The fraction of sp³-hybridized carbons (Fsp3) is 0.429. The van der Waals surface area contributed by atoms with E-state index in [0.29, 0.717) is 6.54 Å². The standard InChI is InChI=1S/C21H26N2O3/c1-15(16-6-3-2-4-7-16)23-21(25)18-11-9-17(10-12-18)20(24)22-14-19-8-5-13-26-19/h2-8,13,15,17-18H,9-12,14H2,1H3,(H,22,24)(H,23,25). The third kappa shape index (κ3) is 4.75. The van der Waals surface area contributed by atoms with Crippen molar-refractivity contribution in [1.29, 1.82) is 0 Å². The zero-order valence-electron chi connectivity index (χ0n) is 15.1. The van der Waals surface area contributed by atoms with Crippen molar-refractivity contribution in [3.63, 3.8) is 0 Å². The first-order valence-electron chi connectivity index (χ1n) is 9.29. The maximum atomic E-state index is 12.5. The van der Waals surface area contributed by atoms with Crippen molar-refractivity contribution in [2.45, 2.75) is 45.2 Å². The average Bonchev–Trinajstić information content (AvgIpc) is 3.20. The lowest BCUT2D eigenvalue weighted by atomic mass is 9.81. The molecule has 1 aromatic carbocycles. The number of carbonyl (C=O) groups is 2. The number of hydrogen-bond donors (Lipinski definition) is 2. The van der Waals surface area contributed by atoms with Gasteiger partial charge in [-0.15, -0.1) is 0 Å². The summed E-state index contributed by atoms with van der Waals surface area (Å²) in [4.78, 5) is 24.8. The molecule has 1 unspecified atom stereocenters. The Morgan fingerprint density at radius 1 is 1.00 bits per heavy atom. The molecule has 0 radical (unpaired) electrons. The van der Waals surface area contributed by atoms with E-state index in [2.05, 4.69) is 10.6 Å². The van der Waals surface area contributed by atoms with Crippen molar-refractivity contribution in [3.05, 3.63) is 60.1 Å². The predicted molar refractivity (Wildman–Crippen MR) is 99.0 cm³/mol. The molecule has 2 N–H and O–H groups in total. The molecule has 2 amide bonds. The third-order valence-corrected chi connectivity index (χ3v) is 5.14. The fourth-order valence-electron chi connectivity index (χ4n) is 3.51. The van der Waals surface area contributed by atoms with Crippen LogP contribution < -0.4 is 10.6 Å². The van der Waals surface area contributed by atoms with Crippen LogP contribution in [0, 0.1) is 11.8 Å². The van der Waals surface area contributed by atoms with Gasteiger partial charge in [-0.1, -0.05) is 30.3 Å². The quantitative estimate of drug-likeness (QED) is 0.833. The van der Waals surface area contributed by atoms with E-state index in [1.807, 2.05) is 49.4 Å². The maximum Gasteiger partial charge on any atom is 0.223 e. The van der Waals surface area contributed by atoms with Crippen molar-refractivity contribution in [3.8, 4) is 0 Å². The Morgan fingerprint density at radius 2 is 1.65 bits per heavy atom. The highest BCUT2D eigenvalue weighted by molar-refractivity contribution is 5.81. The van der Waals surface area contributed by atoms with Gasteiger partial charge in [0.1, 0.15) is 5.76 Å². The van der Waals surface area contributed by atoms with Gasteiger partial charge >= 0.3 is 0 Å². The number of rotatable bonds is 6. The zero-order valence-corrected chi connectivity index (χ0v) is 15.1. The second kappa shape index (κ2) is 8.70. The minimum atomic E-state index is -0.0134. The number of hydrogen-bond acceptors (Lipinski definition) is 3. The van der Waals surface area contributed by atoms with E-state index in [4.69, 9.17) is 4.42 Å². The molecular formula is C21H26N2O3. The largest absolute Gasteiger partial charge is 0.467 e. The zero-order chi connectivity index (χ0) is 18.4. The lowest BCUT2D eigenvalue weighted by Gasteiger charge is -2.28. The number of nitrogens with one attached hydrogen (secondary N) is 2. The topological polar surface area (TPSA) is 71.3 Å². The molecule has 5 heteroatoms.